The molecule has 1 aliphatic heterocycles. The number of ether oxygens (including phenoxy) is 2. The van der Waals surface area contributed by atoms with Gasteiger partial charge < -0.3 is 9.47 Å². The van der Waals surface area contributed by atoms with E-state index in [1.54, 1.807) is 6.08 Å². The maximum atomic E-state index is 5.55. The summed E-state index contributed by atoms with van der Waals surface area (Å²) in [6.07, 6.45) is 2.67. The van der Waals surface area contributed by atoms with E-state index in [0.717, 1.165) is 6.42 Å². The summed E-state index contributed by atoms with van der Waals surface area (Å²) in [7, 11) is 0. The highest BCUT2D eigenvalue weighted by Gasteiger charge is 2.31. The zero-order chi connectivity index (χ0) is 8.48. The molecule has 0 aromatic heterocycles. The molecule has 2 nitrogen and oxygen atoms in total. The first kappa shape index (κ1) is 8.75. The van der Waals surface area contributed by atoms with E-state index >= 15 is 0 Å². The predicted molar refractivity (Wildman–Crippen MR) is 44.3 cm³/mol. The van der Waals surface area contributed by atoms with Crippen molar-refractivity contribution in [3.8, 4) is 0 Å². The van der Waals surface area contributed by atoms with E-state index in [1.165, 1.54) is 0 Å². The van der Waals surface area contributed by atoms with Gasteiger partial charge in [-0.1, -0.05) is 6.58 Å². The Balaban J connectivity index is 2.57. The Hall–Kier alpha value is -0.340. The SMILES string of the molecule is C=C[C@@H]1O[C@@H](C)CC(C)(C)O1. The molecule has 1 fully saturated rings. The second-order valence-corrected chi connectivity index (χ2v) is 3.63. The third-order valence-electron chi connectivity index (χ3n) is 1.77. The highest BCUT2D eigenvalue weighted by atomic mass is 16.7. The van der Waals surface area contributed by atoms with Crippen molar-refractivity contribution in [3.63, 3.8) is 0 Å². The Morgan fingerprint density at radius 2 is 2.18 bits per heavy atom. The second-order valence-electron chi connectivity index (χ2n) is 3.63. The van der Waals surface area contributed by atoms with Gasteiger partial charge in [0.05, 0.1) is 11.7 Å². The summed E-state index contributed by atoms with van der Waals surface area (Å²) in [6, 6.07) is 0. The van der Waals surface area contributed by atoms with Crippen molar-refractivity contribution in [3.05, 3.63) is 12.7 Å². The number of hydrogen-bond donors (Lipinski definition) is 0. The Morgan fingerprint density at radius 3 is 2.64 bits per heavy atom. The van der Waals surface area contributed by atoms with Crippen LogP contribution >= 0.6 is 0 Å². The smallest absolute Gasteiger partial charge is 0.177 e. The zero-order valence-corrected chi connectivity index (χ0v) is 7.46. The van der Waals surface area contributed by atoms with Crippen LogP contribution in [-0.2, 0) is 9.47 Å². The largest absolute Gasteiger partial charge is 0.346 e. The Morgan fingerprint density at radius 1 is 1.55 bits per heavy atom. The highest BCUT2D eigenvalue weighted by Crippen LogP contribution is 2.27. The monoisotopic (exact) mass is 156 g/mol. The summed E-state index contributed by atoms with van der Waals surface area (Å²) in [5.74, 6) is 0. The molecule has 0 aromatic rings. The first-order valence-corrected chi connectivity index (χ1v) is 3.99. The molecule has 1 saturated heterocycles. The molecule has 0 aromatic carbocycles. The van der Waals surface area contributed by atoms with Crippen molar-refractivity contribution < 1.29 is 9.47 Å². The van der Waals surface area contributed by atoms with E-state index < -0.39 is 0 Å². The van der Waals surface area contributed by atoms with Crippen LogP contribution in [0.4, 0.5) is 0 Å². The van der Waals surface area contributed by atoms with E-state index in [4.69, 9.17) is 9.47 Å². The first-order valence-electron chi connectivity index (χ1n) is 3.99. The minimum absolute atomic E-state index is 0.0729. The molecule has 0 bridgehead atoms. The van der Waals surface area contributed by atoms with Gasteiger partial charge in [-0.05, 0) is 26.8 Å². The normalized spacial score (nSPS) is 36.6. The standard InChI is InChI=1S/C9H16O2/c1-5-8-10-7(2)6-9(3,4)11-8/h5,7-8H,1,6H2,2-4H3/t7-,8+/m0/s1. The summed E-state index contributed by atoms with van der Waals surface area (Å²) in [4.78, 5) is 0. The maximum absolute atomic E-state index is 5.55. The number of hydrogen-bond acceptors (Lipinski definition) is 2. The quantitative estimate of drug-likeness (QED) is 0.541. The average molecular weight is 156 g/mol. The van der Waals surface area contributed by atoms with E-state index in [0.29, 0.717) is 0 Å². The van der Waals surface area contributed by atoms with Gasteiger partial charge in [-0.15, -0.1) is 0 Å². The molecule has 1 aliphatic rings. The van der Waals surface area contributed by atoms with Crippen LogP contribution in [0.2, 0.25) is 0 Å². The molecule has 0 unspecified atom stereocenters. The molecule has 0 aliphatic carbocycles. The molecule has 2 atom stereocenters. The lowest BCUT2D eigenvalue weighted by Gasteiger charge is -2.38. The lowest BCUT2D eigenvalue weighted by Crippen LogP contribution is -2.41. The maximum Gasteiger partial charge on any atom is 0.177 e. The van der Waals surface area contributed by atoms with Gasteiger partial charge in [0, 0.05) is 6.42 Å². The predicted octanol–water partition coefficient (Wildman–Crippen LogP) is 2.10. The van der Waals surface area contributed by atoms with Gasteiger partial charge in [0.2, 0.25) is 0 Å². The second kappa shape index (κ2) is 2.95. The van der Waals surface area contributed by atoms with Crippen molar-refractivity contribution in [1.29, 1.82) is 0 Å². The van der Waals surface area contributed by atoms with Crippen LogP contribution in [0.1, 0.15) is 27.2 Å². The van der Waals surface area contributed by atoms with Crippen LogP contribution in [0.15, 0.2) is 12.7 Å². The van der Waals surface area contributed by atoms with Crippen LogP contribution < -0.4 is 0 Å². The van der Waals surface area contributed by atoms with Crippen LogP contribution in [0.3, 0.4) is 0 Å². The van der Waals surface area contributed by atoms with Gasteiger partial charge in [-0.2, -0.15) is 0 Å². The Labute approximate surface area is 68.2 Å². The highest BCUT2D eigenvalue weighted by molar-refractivity contribution is 4.84. The Bertz CT molecular complexity index is 152. The first-order chi connectivity index (χ1) is 5.03. The van der Waals surface area contributed by atoms with Crippen molar-refractivity contribution >= 4 is 0 Å². The van der Waals surface area contributed by atoms with E-state index in [2.05, 4.69) is 27.4 Å². The van der Waals surface area contributed by atoms with Gasteiger partial charge in [-0.3, -0.25) is 0 Å². The number of rotatable bonds is 1. The minimum Gasteiger partial charge on any atom is -0.346 e. The summed E-state index contributed by atoms with van der Waals surface area (Å²) in [6.45, 7) is 9.83. The van der Waals surface area contributed by atoms with E-state index in [9.17, 15) is 0 Å². The fraction of sp³-hybridized carbons (Fsp3) is 0.778. The molecular weight excluding hydrogens is 140 g/mol. The minimum atomic E-state index is -0.228. The van der Waals surface area contributed by atoms with Gasteiger partial charge >= 0.3 is 0 Å². The third-order valence-corrected chi connectivity index (χ3v) is 1.77. The van der Waals surface area contributed by atoms with Crippen molar-refractivity contribution in [2.75, 3.05) is 0 Å². The van der Waals surface area contributed by atoms with Crippen molar-refractivity contribution in [2.24, 2.45) is 0 Å². The van der Waals surface area contributed by atoms with Gasteiger partial charge in [0.15, 0.2) is 6.29 Å². The molecule has 1 rings (SSSR count). The molecule has 11 heavy (non-hydrogen) atoms. The molecule has 0 spiro atoms. The van der Waals surface area contributed by atoms with Crippen molar-refractivity contribution in [2.45, 2.75) is 45.2 Å². The lowest BCUT2D eigenvalue weighted by molar-refractivity contribution is -0.246. The van der Waals surface area contributed by atoms with Gasteiger partial charge in [0.25, 0.3) is 0 Å². The molecule has 0 saturated carbocycles. The van der Waals surface area contributed by atoms with Gasteiger partial charge in [-0.25, -0.2) is 0 Å². The molecule has 0 N–H and O–H groups in total. The fourth-order valence-corrected chi connectivity index (χ4v) is 1.46. The van der Waals surface area contributed by atoms with E-state index in [1.807, 2.05) is 0 Å². The third kappa shape index (κ3) is 2.31. The van der Waals surface area contributed by atoms with Crippen LogP contribution in [0.5, 0.6) is 0 Å². The average Bonchev–Trinajstić information content (AvgIpc) is 1.83. The summed E-state index contributed by atoms with van der Waals surface area (Å²) in [5, 5.41) is 0. The molecule has 2 heteroatoms. The molecular formula is C9H16O2. The summed E-state index contributed by atoms with van der Waals surface area (Å²) in [5.41, 5.74) is -0.0729. The summed E-state index contributed by atoms with van der Waals surface area (Å²) < 4.78 is 11.0. The molecule has 1 heterocycles. The van der Waals surface area contributed by atoms with Crippen LogP contribution in [0.25, 0.3) is 0 Å². The summed E-state index contributed by atoms with van der Waals surface area (Å²) >= 11 is 0. The van der Waals surface area contributed by atoms with Crippen LogP contribution in [0, 0.1) is 0 Å². The molecule has 64 valence electrons. The van der Waals surface area contributed by atoms with Gasteiger partial charge in [0.1, 0.15) is 0 Å². The zero-order valence-electron chi connectivity index (χ0n) is 7.46. The topological polar surface area (TPSA) is 18.5 Å². The van der Waals surface area contributed by atoms with Crippen molar-refractivity contribution in [1.82, 2.24) is 0 Å². The Kier molecular flexibility index (Phi) is 2.35. The van der Waals surface area contributed by atoms with E-state index in [-0.39, 0.29) is 18.0 Å². The molecule has 0 amide bonds. The fourth-order valence-electron chi connectivity index (χ4n) is 1.46. The lowest BCUT2D eigenvalue weighted by atomic mass is 10.0. The van der Waals surface area contributed by atoms with Crippen LogP contribution in [-0.4, -0.2) is 18.0 Å². The molecule has 0 radical (unpaired) electrons.